The zero-order valence-electron chi connectivity index (χ0n) is 15.5. The Morgan fingerprint density at radius 2 is 1.79 bits per heavy atom. The Hall–Kier alpha value is -2.45. The maximum atomic E-state index is 13.2. The van der Waals surface area contributed by atoms with Crippen molar-refractivity contribution >= 4 is 21.6 Å². The highest BCUT2D eigenvalue weighted by atomic mass is 32.2. The van der Waals surface area contributed by atoms with Gasteiger partial charge in [-0.2, -0.15) is 0 Å². The molecule has 0 radical (unpaired) electrons. The number of hydrogen-bond acceptors (Lipinski definition) is 4. The quantitative estimate of drug-likeness (QED) is 0.788. The monoisotopic (exact) mass is 404 g/mol. The average Bonchev–Trinajstić information content (AvgIpc) is 3.04. The first-order valence-corrected chi connectivity index (χ1v) is 10.6. The summed E-state index contributed by atoms with van der Waals surface area (Å²) in [7, 11) is -3.82. The van der Waals surface area contributed by atoms with Crippen LogP contribution in [-0.4, -0.2) is 51.6 Å². The molecule has 1 amide bonds. The van der Waals surface area contributed by atoms with E-state index in [1.165, 1.54) is 16.4 Å². The van der Waals surface area contributed by atoms with Crippen LogP contribution >= 0.6 is 0 Å². The zero-order chi connectivity index (χ0) is 19.9. The lowest BCUT2D eigenvalue weighted by Crippen LogP contribution is -2.40. The summed E-state index contributed by atoms with van der Waals surface area (Å²) in [5.74, 6) is -0.557. The van der Waals surface area contributed by atoms with Gasteiger partial charge in [0.25, 0.3) is 15.9 Å². The predicted octanol–water partition coefficient (Wildman–Crippen LogP) is 2.44. The molecule has 2 aromatic carbocycles. The van der Waals surface area contributed by atoms with E-state index in [2.05, 4.69) is 0 Å². The van der Waals surface area contributed by atoms with Crippen LogP contribution in [0, 0.1) is 5.82 Å². The van der Waals surface area contributed by atoms with Crippen LogP contribution < -0.4 is 4.31 Å². The lowest BCUT2D eigenvalue weighted by molar-refractivity contribution is 0.0303. The molecule has 0 bridgehead atoms. The van der Waals surface area contributed by atoms with Crippen molar-refractivity contribution in [3.05, 3.63) is 59.4 Å². The number of anilines is 1. The molecule has 0 N–H and O–H groups in total. The standard InChI is InChI=1S/C20H21FN2O4S/c1-14-12-16-13-15(20(24)22-8-10-27-11-9-22)2-7-19(16)23(14)28(25,26)18-5-3-17(21)4-6-18/h2-7,13-14H,8-12H2,1H3/t14-/m1/s1. The molecule has 1 saturated heterocycles. The number of carbonyl (C=O) groups excluding carboxylic acids is 1. The molecule has 2 heterocycles. The molecule has 0 aliphatic carbocycles. The van der Waals surface area contributed by atoms with Crippen LogP contribution in [0.2, 0.25) is 0 Å². The van der Waals surface area contributed by atoms with Gasteiger partial charge in [-0.25, -0.2) is 12.8 Å². The van der Waals surface area contributed by atoms with Gasteiger partial charge >= 0.3 is 0 Å². The van der Waals surface area contributed by atoms with E-state index in [1.807, 2.05) is 6.92 Å². The Morgan fingerprint density at radius 3 is 2.46 bits per heavy atom. The Kier molecular flexibility index (Phi) is 4.84. The maximum Gasteiger partial charge on any atom is 0.264 e. The lowest BCUT2D eigenvalue weighted by Gasteiger charge is -2.27. The van der Waals surface area contributed by atoms with Crippen molar-refractivity contribution in [2.45, 2.75) is 24.3 Å². The molecule has 0 saturated carbocycles. The van der Waals surface area contributed by atoms with E-state index in [4.69, 9.17) is 4.74 Å². The molecular weight excluding hydrogens is 383 g/mol. The third kappa shape index (κ3) is 3.27. The van der Waals surface area contributed by atoms with Crippen molar-refractivity contribution in [3.63, 3.8) is 0 Å². The Labute approximate surface area is 163 Å². The van der Waals surface area contributed by atoms with Gasteiger partial charge in [-0.1, -0.05) is 0 Å². The molecule has 0 aromatic heterocycles. The molecule has 2 aromatic rings. The third-order valence-corrected chi connectivity index (χ3v) is 7.09. The van der Waals surface area contributed by atoms with Crippen LogP contribution in [-0.2, 0) is 21.2 Å². The first-order chi connectivity index (χ1) is 13.4. The third-order valence-electron chi connectivity index (χ3n) is 5.15. The van der Waals surface area contributed by atoms with Crippen LogP contribution in [0.3, 0.4) is 0 Å². The van der Waals surface area contributed by atoms with Gasteiger partial charge in [0, 0.05) is 24.7 Å². The van der Waals surface area contributed by atoms with Gasteiger partial charge in [0.15, 0.2) is 0 Å². The number of morpholine rings is 1. The average molecular weight is 404 g/mol. The summed E-state index contributed by atoms with van der Waals surface area (Å²) in [4.78, 5) is 14.5. The minimum atomic E-state index is -3.82. The van der Waals surface area contributed by atoms with Crippen molar-refractivity contribution in [1.82, 2.24) is 4.90 Å². The molecule has 6 nitrogen and oxygen atoms in total. The number of benzene rings is 2. The fourth-order valence-electron chi connectivity index (χ4n) is 3.77. The van der Waals surface area contributed by atoms with Crippen molar-refractivity contribution in [2.24, 2.45) is 0 Å². The van der Waals surface area contributed by atoms with Gasteiger partial charge in [0.1, 0.15) is 5.82 Å². The van der Waals surface area contributed by atoms with Gasteiger partial charge in [-0.05, 0) is 61.4 Å². The normalized spacial score (nSPS) is 19.6. The number of halogens is 1. The molecule has 0 unspecified atom stereocenters. The number of ether oxygens (including phenoxy) is 1. The van der Waals surface area contributed by atoms with E-state index in [1.54, 1.807) is 23.1 Å². The lowest BCUT2D eigenvalue weighted by atomic mass is 10.1. The highest BCUT2D eigenvalue weighted by Gasteiger charge is 2.36. The highest BCUT2D eigenvalue weighted by Crippen LogP contribution is 2.37. The predicted molar refractivity (Wildman–Crippen MR) is 102 cm³/mol. The smallest absolute Gasteiger partial charge is 0.264 e. The molecule has 2 aliphatic heterocycles. The maximum absolute atomic E-state index is 13.2. The summed E-state index contributed by atoms with van der Waals surface area (Å²) < 4.78 is 46.0. The fourth-order valence-corrected chi connectivity index (χ4v) is 5.46. The van der Waals surface area contributed by atoms with Gasteiger partial charge in [0.2, 0.25) is 0 Å². The number of hydrogen-bond donors (Lipinski definition) is 0. The van der Waals surface area contributed by atoms with Crippen molar-refractivity contribution in [1.29, 1.82) is 0 Å². The largest absolute Gasteiger partial charge is 0.378 e. The minimum Gasteiger partial charge on any atom is -0.378 e. The topological polar surface area (TPSA) is 66.9 Å². The van der Waals surface area contributed by atoms with E-state index in [0.717, 1.165) is 17.7 Å². The fraction of sp³-hybridized carbons (Fsp3) is 0.350. The van der Waals surface area contributed by atoms with Crippen LogP contribution in [0.5, 0.6) is 0 Å². The van der Waals surface area contributed by atoms with Crippen LogP contribution in [0.1, 0.15) is 22.8 Å². The van der Waals surface area contributed by atoms with E-state index >= 15 is 0 Å². The molecule has 0 spiro atoms. The molecule has 4 rings (SSSR count). The first-order valence-electron chi connectivity index (χ1n) is 9.18. The van der Waals surface area contributed by atoms with Crippen molar-refractivity contribution in [2.75, 3.05) is 30.6 Å². The van der Waals surface area contributed by atoms with Crippen LogP contribution in [0.15, 0.2) is 47.4 Å². The highest BCUT2D eigenvalue weighted by molar-refractivity contribution is 7.92. The number of fused-ring (bicyclic) bond motifs is 1. The molecule has 1 fully saturated rings. The van der Waals surface area contributed by atoms with Crippen LogP contribution in [0.25, 0.3) is 0 Å². The number of nitrogens with zero attached hydrogens (tertiary/aromatic N) is 2. The summed E-state index contributed by atoms with van der Waals surface area (Å²) in [6, 6.07) is 9.66. The van der Waals surface area contributed by atoms with Crippen molar-refractivity contribution < 1.29 is 22.3 Å². The Bertz CT molecular complexity index is 1000. The summed E-state index contributed by atoms with van der Waals surface area (Å²) in [5, 5.41) is 0. The van der Waals surface area contributed by atoms with Gasteiger partial charge in [0.05, 0.1) is 23.8 Å². The van der Waals surface area contributed by atoms with E-state index < -0.39 is 15.8 Å². The Morgan fingerprint density at radius 1 is 1.11 bits per heavy atom. The molecule has 1 atom stereocenters. The summed E-state index contributed by atoms with van der Waals surface area (Å²) in [5.41, 5.74) is 1.93. The second kappa shape index (κ2) is 7.18. The van der Waals surface area contributed by atoms with Gasteiger partial charge in [-0.15, -0.1) is 0 Å². The summed E-state index contributed by atoms with van der Waals surface area (Å²) in [6.07, 6.45) is 0.514. The van der Waals surface area contributed by atoms with Gasteiger partial charge in [-0.3, -0.25) is 9.10 Å². The number of carbonyl (C=O) groups is 1. The van der Waals surface area contributed by atoms with E-state index in [-0.39, 0.29) is 16.8 Å². The Balaban J connectivity index is 1.66. The van der Waals surface area contributed by atoms with E-state index in [9.17, 15) is 17.6 Å². The number of amides is 1. The van der Waals surface area contributed by atoms with Gasteiger partial charge < -0.3 is 9.64 Å². The second-order valence-electron chi connectivity index (χ2n) is 7.06. The number of rotatable bonds is 3. The summed E-state index contributed by atoms with van der Waals surface area (Å²) >= 11 is 0. The zero-order valence-corrected chi connectivity index (χ0v) is 16.3. The van der Waals surface area contributed by atoms with E-state index in [0.29, 0.717) is 44.0 Å². The van der Waals surface area contributed by atoms with Crippen molar-refractivity contribution in [3.8, 4) is 0 Å². The minimum absolute atomic E-state index is 0.0436. The molecule has 8 heteroatoms. The molecule has 2 aliphatic rings. The second-order valence-corrected chi connectivity index (χ2v) is 8.87. The molecule has 28 heavy (non-hydrogen) atoms. The SMILES string of the molecule is C[C@@H]1Cc2cc(C(=O)N3CCOCC3)ccc2N1S(=O)(=O)c1ccc(F)cc1. The number of sulfonamides is 1. The van der Waals surface area contributed by atoms with Crippen LogP contribution in [0.4, 0.5) is 10.1 Å². The molecular formula is C20H21FN2O4S. The first kappa shape index (κ1) is 18.9. The molecule has 148 valence electrons. The summed E-state index contributed by atoms with van der Waals surface area (Å²) in [6.45, 7) is 3.98.